The number of hydrogen-bond acceptors (Lipinski definition) is 0. The van der Waals surface area contributed by atoms with Gasteiger partial charge in [0.2, 0.25) is 0 Å². The summed E-state index contributed by atoms with van der Waals surface area (Å²) in [6.45, 7) is 12.6. The highest BCUT2D eigenvalue weighted by atomic mass is 14.2. The first-order valence-electron chi connectivity index (χ1n) is 11.9. The predicted octanol–water partition coefficient (Wildman–Crippen LogP) is 9.50. The molecule has 0 aromatic heterocycles. The summed E-state index contributed by atoms with van der Waals surface area (Å²) in [6, 6.07) is 0. The lowest BCUT2D eigenvalue weighted by atomic mass is 9.87. The first-order valence-corrected chi connectivity index (χ1v) is 11.9. The Kier molecular flexibility index (Phi) is 20.8. The van der Waals surface area contributed by atoms with Crippen molar-refractivity contribution in [2.75, 3.05) is 0 Å². The van der Waals surface area contributed by atoms with E-state index in [1.54, 1.807) is 0 Å². The first-order chi connectivity index (χ1) is 12.7. The van der Waals surface area contributed by atoms with Crippen LogP contribution in [0.15, 0.2) is 12.2 Å². The van der Waals surface area contributed by atoms with Crippen LogP contribution >= 0.6 is 0 Å². The summed E-state index contributed by atoms with van der Waals surface area (Å²) in [5.74, 6) is 1.85. The normalized spacial score (nSPS) is 13.1. The fourth-order valence-electron chi connectivity index (χ4n) is 3.94. The van der Waals surface area contributed by atoms with Crippen LogP contribution in [0.5, 0.6) is 0 Å². The third-order valence-electron chi connectivity index (χ3n) is 5.44. The summed E-state index contributed by atoms with van der Waals surface area (Å²) in [6.07, 6.45) is 29.2. The van der Waals surface area contributed by atoms with Crippen LogP contribution in [0.4, 0.5) is 0 Å². The summed E-state index contributed by atoms with van der Waals surface area (Å²) in [7, 11) is 0. The van der Waals surface area contributed by atoms with Gasteiger partial charge in [-0.15, -0.1) is 0 Å². The Bertz CT molecular complexity index is 276. The van der Waals surface area contributed by atoms with Crippen LogP contribution in [-0.4, -0.2) is 0 Å². The molecule has 0 saturated carbocycles. The molecule has 0 aliphatic rings. The van der Waals surface area contributed by atoms with Crippen LogP contribution in [0.3, 0.4) is 0 Å². The molecule has 0 aliphatic heterocycles. The summed E-state index contributed by atoms with van der Waals surface area (Å²) >= 11 is 0. The number of rotatable bonds is 20. The Morgan fingerprint density at radius 1 is 0.577 bits per heavy atom. The molecule has 1 atom stereocenters. The van der Waals surface area contributed by atoms with Gasteiger partial charge >= 0.3 is 0 Å². The van der Waals surface area contributed by atoms with Crippen molar-refractivity contribution in [3.05, 3.63) is 26.0 Å². The predicted molar refractivity (Wildman–Crippen MR) is 121 cm³/mol. The van der Waals surface area contributed by atoms with Crippen LogP contribution in [0.1, 0.15) is 129 Å². The Balaban J connectivity index is 3.61. The number of hydrogen-bond donors (Lipinski definition) is 0. The van der Waals surface area contributed by atoms with Crippen molar-refractivity contribution < 1.29 is 0 Å². The van der Waals surface area contributed by atoms with E-state index < -0.39 is 0 Å². The highest BCUT2D eigenvalue weighted by Gasteiger charge is 2.10. The summed E-state index contributed by atoms with van der Waals surface area (Å²) in [4.78, 5) is 0. The van der Waals surface area contributed by atoms with Gasteiger partial charge in [0.05, 0.1) is 0 Å². The first kappa shape index (κ1) is 25.7. The van der Waals surface area contributed by atoms with Crippen molar-refractivity contribution >= 4 is 0 Å². The van der Waals surface area contributed by atoms with Crippen LogP contribution in [0, 0.1) is 25.7 Å². The molecule has 26 heavy (non-hydrogen) atoms. The highest BCUT2D eigenvalue weighted by Crippen LogP contribution is 2.25. The minimum Gasteiger partial charge on any atom is -0.0885 e. The molecule has 154 valence electrons. The van der Waals surface area contributed by atoms with Gasteiger partial charge in [-0.1, -0.05) is 123 Å². The van der Waals surface area contributed by atoms with E-state index in [4.69, 9.17) is 0 Å². The molecule has 0 N–H and O–H groups in total. The van der Waals surface area contributed by atoms with E-state index in [9.17, 15) is 0 Å². The molecule has 0 saturated heterocycles. The van der Waals surface area contributed by atoms with Gasteiger partial charge in [-0.25, -0.2) is 0 Å². The van der Waals surface area contributed by atoms with Gasteiger partial charge in [-0.2, -0.15) is 0 Å². The van der Waals surface area contributed by atoms with E-state index >= 15 is 0 Å². The zero-order valence-electron chi connectivity index (χ0n) is 18.5. The zero-order chi connectivity index (χ0) is 19.3. The van der Waals surface area contributed by atoms with Crippen molar-refractivity contribution in [2.45, 2.75) is 129 Å². The second-order valence-corrected chi connectivity index (χ2v) is 8.72. The molecule has 0 heterocycles. The van der Waals surface area contributed by atoms with Gasteiger partial charge in [0.15, 0.2) is 0 Å². The SMILES string of the molecule is [CH2]CC/C=C/CCCCCCCC(CCCCCCCC[CH2])CC(C)C. The highest BCUT2D eigenvalue weighted by molar-refractivity contribution is 4.81. The molecular weight excluding hydrogens is 312 g/mol. The summed E-state index contributed by atoms with van der Waals surface area (Å²) in [5, 5.41) is 0. The van der Waals surface area contributed by atoms with E-state index in [1.807, 2.05) is 0 Å². The van der Waals surface area contributed by atoms with Gasteiger partial charge in [-0.3, -0.25) is 0 Å². The van der Waals surface area contributed by atoms with Gasteiger partial charge in [0, 0.05) is 0 Å². The van der Waals surface area contributed by atoms with Crippen molar-refractivity contribution in [1.29, 1.82) is 0 Å². The van der Waals surface area contributed by atoms with Crippen LogP contribution in [0.25, 0.3) is 0 Å². The van der Waals surface area contributed by atoms with Gasteiger partial charge < -0.3 is 0 Å². The minimum absolute atomic E-state index is 0.863. The molecule has 0 aromatic rings. The molecule has 0 amide bonds. The number of allylic oxidation sites excluding steroid dienone is 2. The molecule has 2 radical (unpaired) electrons. The smallest absolute Gasteiger partial charge is 0.0351 e. The average molecular weight is 363 g/mol. The fraction of sp³-hybridized carbons (Fsp3) is 0.846. The average Bonchev–Trinajstić information content (AvgIpc) is 2.61. The van der Waals surface area contributed by atoms with Crippen molar-refractivity contribution in [1.82, 2.24) is 0 Å². The summed E-state index contributed by atoms with van der Waals surface area (Å²) < 4.78 is 0. The molecule has 0 fully saturated rings. The maximum atomic E-state index is 3.93. The maximum Gasteiger partial charge on any atom is -0.0351 e. The standard InChI is InChI=1S/C26H50/c1-5-7-9-11-13-14-15-17-19-21-23-26(24-25(3)4)22-20-18-16-12-10-8-6-2/h9,11,25-26H,1-2,5-8,10,12-24H2,3-4H3/b11-9+. The quantitative estimate of drug-likeness (QED) is 0.149. The summed E-state index contributed by atoms with van der Waals surface area (Å²) in [5.41, 5.74) is 0. The lowest BCUT2D eigenvalue weighted by Gasteiger charge is -2.19. The van der Waals surface area contributed by atoms with Gasteiger partial charge in [-0.05, 0) is 43.9 Å². The van der Waals surface area contributed by atoms with Gasteiger partial charge in [0.1, 0.15) is 0 Å². The molecule has 0 bridgehead atoms. The Hall–Kier alpha value is -0.260. The van der Waals surface area contributed by atoms with Crippen LogP contribution < -0.4 is 0 Å². The maximum absolute atomic E-state index is 3.93. The van der Waals surface area contributed by atoms with E-state index in [0.717, 1.165) is 31.1 Å². The monoisotopic (exact) mass is 362 g/mol. The molecule has 0 spiro atoms. The van der Waals surface area contributed by atoms with Crippen molar-refractivity contribution in [3.8, 4) is 0 Å². The van der Waals surface area contributed by atoms with E-state index in [1.165, 1.54) is 96.3 Å². The van der Waals surface area contributed by atoms with E-state index in [2.05, 4.69) is 39.8 Å². The largest absolute Gasteiger partial charge is 0.0885 e. The molecule has 0 aliphatic carbocycles. The second-order valence-electron chi connectivity index (χ2n) is 8.72. The van der Waals surface area contributed by atoms with E-state index in [0.29, 0.717) is 0 Å². The zero-order valence-corrected chi connectivity index (χ0v) is 18.5. The molecule has 0 aromatic carbocycles. The Morgan fingerprint density at radius 3 is 1.62 bits per heavy atom. The fourth-order valence-corrected chi connectivity index (χ4v) is 3.94. The molecule has 0 nitrogen and oxygen atoms in total. The van der Waals surface area contributed by atoms with Crippen LogP contribution in [0.2, 0.25) is 0 Å². The Morgan fingerprint density at radius 2 is 1.08 bits per heavy atom. The minimum atomic E-state index is 0.863. The molecule has 0 rings (SSSR count). The Labute approximate surface area is 167 Å². The van der Waals surface area contributed by atoms with Crippen LogP contribution in [-0.2, 0) is 0 Å². The molecular formula is C26H50. The molecule has 1 unspecified atom stereocenters. The molecule has 0 heteroatoms. The van der Waals surface area contributed by atoms with Crippen molar-refractivity contribution in [3.63, 3.8) is 0 Å². The third kappa shape index (κ3) is 20.1. The van der Waals surface area contributed by atoms with Crippen molar-refractivity contribution in [2.24, 2.45) is 11.8 Å². The topological polar surface area (TPSA) is 0 Å². The van der Waals surface area contributed by atoms with Gasteiger partial charge in [0.25, 0.3) is 0 Å². The lowest BCUT2D eigenvalue weighted by Crippen LogP contribution is -2.05. The second kappa shape index (κ2) is 21.0. The third-order valence-corrected chi connectivity index (χ3v) is 5.44. The lowest BCUT2D eigenvalue weighted by molar-refractivity contribution is 0.339. The number of unbranched alkanes of at least 4 members (excludes halogenated alkanes) is 12. The van der Waals surface area contributed by atoms with E-state index in [-0.39, 0.29) is 0 Å².